The number of aromatic nitrogens is 1. The molecule has 0 aliphatic carbocycles. The van der Waals surface area contributed by atoms with E-state index in [0.29, 0.717) is 0 Å². The van der Waals surface area contributed by atoms with Crippen LogP contribution in [0.25, 0.3) is 0 Å². The molecule has 0 atom stereocenters. The molecule has 0 amide bonds. The zero-order chi connectivity index (χ0) is 15.8. The topological polar surface area (TPSA) is 30.0 Å². The smallest absolute Gasteiger partial charge is 0.287 e. The van der Waals surface area contributed by atoms with Crippen molar-refractivity contribution in [2.24, 2.45) is 0 Å². The molecule has 0 saturated heterocycles. The van der Waals surface area contributed by atoms with E-state index in [4.69, 9.17) is 23.2 Å². The molecule has 2 nitrogen and oxygen atoms in total. The summed E-state index contributed by atoms with van der Waals surface area (Å²) in [6.45, 7) is 1.42. The van der Waals surface area contributed by atoms with Crippen LogP contribution in [0.1, 0.15) is 27.2 Å². The van der Waals surface area contributed by atoms with Crippen LogP contribution in [0.5, 0.6) is 0 Å². The van der Waals surface area contributed by atoms with Crippen molar-refractivity contribution in [2.45, 2.75) is 13.1 Å². The lowest BCUT2D eigenvalue weighted by atomic mass is 9.99. The standard InChI is InChI=1S/C14H8Cl2F3NO/c1-7-4-8(14(17,18)19)2-3-10(7)13(21)12-11(16)5-9(15)6-20-12/h2-6H,1H3. The van der Waals surface area contributed by atoms with Gasteiger partial charge in [0.2, 0.25) is 5.78 Å². The molecule has 0 aliphatic heterocycles. The average Bonchev–Trinajstić information content (AvgIpc) is 2.36. The number of carbonyl (C=O) groups is 1. The van der Waals surface area contributed by atoms with Gasteiger partial charge in [-0.15, -0.1) is 0 Å². The molecule has 0 fully saturated rings. The van der Waals surface area contributed by atoms with Crippen LogP contribution in [-0.4, -0.2) is 10.8 Å². The van der Waals surface area contributed by atoms with Gasteiger partial charge in [0.05, 0.1) is 15.6 Å². The number of benzene rings is 1. The van der Waals surface area contributed by atoms with Gasteiger partial charge in [-0.25, -0.2) is 4.98 Å². The number of hydrogen-bond acceptors (Lipinski definition) is 2. The zero-order valence-electron chi connectivity index (χ0n) is 10.6. The van der Waals surface area contributed by atoms with Crippen LogP contribution in [0.4, 0.5) is 13.2 Å². The summed E-state index contributed by atoms with van der Waals surface area (Å²) in [6, 6.07) is 4.23. The quantitative estimate of drug-likeness (QED) is 0.728. The van der Waals surface area contributed by atoms with Gasteiger partial charge in [0, 0.05) is 11.8 Å². The van der Waals surface area contributed by atoms with Gasteiger partial charge >= 0.3 is 6.18 Å². The van der Waals surface area contributed by atoms with Crippen molar-refractivity contribution in [1.29, 1.82) is 0 Å². The minimum absolute atomic E-state index is 0.0480. The van der Waals surface area contributed by atoms with Crippen molar-refractivity contribution < 1.29 is 18.0 Å². The number of ketones is 1. The third kappa shape index (κ3) is 3.36. The SMILES string of the molecule is Cc1cc(C(F)(F)F)ccc1C(=O)c1ncc(Cl)cc1Cl. The number of pyridine rings is 1. The predicted molar refractivity (Wildman–Crippen MR) is 73.9 cm³/mol. The second-order valence-corrected chi connectivity index (χ2v) is 5.18. The van der Waals surface area contributed by atoms with Crippen molar-refractivity contribution in [1.82, 2.24) is 4.98 Å². The minimum Gasteiger partial charge on any atom is -0.287 e. The Hall–Kier alpha value is -1.59. The van der Waals surface area contributed by atoms with E-state index in [2.05, 4.69) is 4.98 Å². The van der Waals surface area contributed by atoms with Gasteiger partial charge in [-0.05, 0) is 30.7 Å². The molecule has 7 heteroatoms. The van der Waals surface area contributed by atoms with E-state index in [1.54, 1.807) is 0 Å². The number of alkyl halides is 3. The van der Waals surface area contributed by atoms with Crippen molar-refractivity contribution >= 4 is 29.0 Å². The molecule has 0 radical (unpaired) electrons. The first-order valence-corrected chi connectivity index (χ1v) is 6.49. The lowest BCUT2D eigenvalue weighted by molar-refractivity contribution is -0.137. The van der Waals surface area contributed by atoms with Crippen molar-refractivity contribution in [2.75, 3.05) is 0 Å². The fourth-order valence-corrected chi connectivity index (χ4v) is 2.27. The third-order valence-electron chi connectivity index (χ3n) is 2.82. The summed E-state index contributed by atoms with van der Waals surface area (Å²) in [7, 11) is 0. The Morgan fingerprint density at radius 2 is 1.86 bits per heavy atom. The summed E-state index contributed by atoms with van der Waals surface area (Å²) in [5, 5.41) is 0.312. The summed E-state index contributed by atoms with van der Waals surface area (Å²) >= 11 is 11.6. The summed E-state index contributed by atoms with van der Waals surface area (Å²) in [5.41, 5.74) is -0.557. The van der Waals surface area contributed by atoms with Gasteiger partial charge in [0.1, 0.15) is 5.69 Å². The van der Waals surface area contributed by atoms with E-state index in [9.17, 15) is 18.0 Å². The Morgan fingerprint density at radius 1 is 1.19 bits per heavy atom. The Labute approximate surface area is 128 Å². The van der Waals surface area contributed by atoms with Crippen LogP contribution in [0.3, 0.4) is 0 Å². The van der Waals surface area contributed by atoms with Crippen LogP contribution in [0.15, 0.2) is 30.5 Å². The predicted octanol–water partition coefficient (Wildman–Crippen LogP) is 4.95. The molecule has 2 rings (SSSR count). The molecule has 0 saturated carbocycles. The van der Waals surface area contributed by atoms with Gasteiger partial charge < -0.3 is 0 Å². The van der Waals surface area contributed by atoms with E-state index in [1.165, 1.54) is 19.2 Å². The average molecular weight is 334 g/mol. The Bertz CT molecular complexity index is 714. The highest BCUT2D eigenvalue weighted by atomic mass is 35.5. The molecule has 0 N–H and O–H groups in total. The van der Waals surface area contributed by atoms with Gasteiger partial charge in [-0.2, -0.15) is 13.2 Å². The van der Waals surface area contributed by atoms with Crippen molar-refractivity contribution in [3.05, 3.63) is 62.9 Å². The summed E-state index contributed by atoms with van der Waals surface area (Å²) in [6.07, 6.45) is -3.21. The molecule has 0 bridgehead atoms. The molecule has 1 aromatic heterocycles. The number of aryl methyl sites for hydroxylation is 1. The van der Waals surface area contributed by atoms with E-state index in [1.807, 2.05) is 0 Å². The van der Waals surface area contributed by atoms with Crippen LogP contribution in [0, 0.1) is 6.92 Å². The second-order valence-electron chi connectivity index (χ2n) is 4.34. The van der Waals surface area contributed by atoms with E-state index < -0.39 is 17.5 Å². The maximum absolute atomic E-state index is 12.6. The molecule has 0 unspecified atom stereocenters. The third-order valence-corrected chi connectivity index (χ3v) is 3.32. The van der Waals surface area contributed by atoms with Crippen molar-refractivity contribution in [3.8, 4) is 0 Å². The summed E-state index contributed by atoms with van der Waals surface area (Å²) in [5.74, 6) is -0.553. The van der Waals surface area contributed by atoms with Crippen LogP contribution in [-0.2, 0) is 6.18 Å². The Morgan fingerprint density at radius 3 is 2.38 bits per heavy atom. The van der Waals surface area contributed by atoms with Gasteiger partial charge in [-0.1, -0.05) is 29.3 Å². The lowest BCUT2D eigenvalue weighted by Crippen LogP contribution is -2.10. The van der Waals surface area contributed by atoms with E-state index in [0.717, 1.165) is 18.2 Å². The van der Waals surface area contributed by atoms with Crippen LogP contribution >= 0.6 is 23.2 Å². The van der Waals surface area contributed by atoms with E-state index in [-0.39, 0.29) is 26.9 Å². The van der Waals surface area contributed by atoms with Crippen LogP contribution < -0.4 is 0 Å². The molecule has 2 aromatic rings. The number of halogens is 5. The highest BCUT2D eigenvalue weighted by molar-refractivity contribution is 6.37. The van der Waals surface area contributed by atoms with E-state index >= 15 is 0 Å². The minimum atomic E-state index is -4.46. The second kappa shape index (κ2) is 5.66. The Balaban J connectivity index is 2.45. The molecule has 0 aliphatic rings. The number of rotatable bonds is 2. The maximum atomic E-state index is 12.6. The number of nitrogens with zero attached hydrogens (tertiary/aromatic N) is 1. The fourth-order valence-electron chi connectivity index (χ4n) is 1.80. The molecule has 1 heterocycles. The molecule has 1 aromatic carbocycles. The molecule has 110 valence electrons. The Kier molecular flexibility index (Phi) is 4.25. The lowest BCUT2D eigenvalue weighted by Gasteiger charge is -2.10. The first kappa shape index (κ1) is 15.8. The first-order chi connectivity index (χ1) is 9.70. The number of hydrogen-bond donors (Lipinski definition) is 0. The first-order valence-electron chi connectivity index (χ1n) is 5.73. The zero-order valence-corrected chi connectivity index (χ0v) is 12.1. The highest BCUT2D eigenvalue weighted by Gasteiger charge is 2.31. The molecule has 21 heavy (non-hydrogen) atoms. The highest BCUT2D eigenvalue weighted by Crippen LogP contribution is 2.31. The van der Waals surface area contributed by atoms with Gasteiger partial charge in [0.15, 0.2) is 0 Å². The molecular formula is C14H8Cl2F3NO. The normalized spacial score (nSPS) is 11.5. The largest absolute Gasteiger partial charge is 0.416 e. The fraction of sp³-hybridized carbons (Fsp3) is 0.143. The van der Waals surface area contributed by atoms with Crippen molar-refractivity contribution in [3.63, 3.8) is 0 Å². The summed E-state index contributed by atoms with van der Waals surface area (Å²) in [4.78, 5) is 16.1. The summed E-state index contributed by atoms with van der Waals surface area (Å²) < 4.78 is 37.8. The maximum Gasteiger partial charge on any atom is 0.416 e. The number of carbonyl (C=O) groups excluding carboxylic acids is 1. The van der Waals surface area contributed by atoms with Crippen LogP contribution in [0.2, 0.25) is 10.0 Å². The van der Waals surface area contributed by atoms with Gasteiger partial charge in [0.25, 0.3) is 0 Å². The molecular weight excluding hydrogens is 326 g/mol. The monoisotopic (exact) mass is 333 g/mol. The van der Waals surface area contributed by atoms with Gasteiger partial charge in [-0.3, -0.25) is 4.79 Å². The molecule has 0 spiro atoms.